The number of phenols is 1. The van der Waals surface area contributed by atoms with E-state index >= 15 is 0 Å². The highest BCUT2D eigenvalue weighted by Crippen LogP contribution is 2.21. The maximum absolute atomic E-state index is 11.9. The van der Waals surface area contributed by atoms with Gasteiger partial charge in [0.1, 0.15) is 17.1 Å². The Morgan fingerprint density at radius 3 is 2.56 bits per heavy atom. The normalized spacial score (nSPS) is 10.1. The van der Waals surface area contributed by atoms with Crippen molar-refractivity contribution in [3.05, 3.63) is 59.7 Å². The van der Waals surface area contributed by atoms with Gasteiger partial charge in [0.05, 0.1) is 0 Å². The summed E-state index contributed by atoms with van der Waals surface area (Å²) in [6.07, 6.45) is 0.798. The lowest BCUT2D eigenvalue weighted by Gasteiger charge is -2.07. The average Bonchev–Trinajstić information content (AvgIpc) is 2.40. The highest BCUT2D eigenvalue weighted by Gasteiger charge is 2.13. The van der Waals surface area contributed by atoms with Crippen LogP contribution in [0.15, 0.2) is 48.5 Å². The lowest BCUT2D eigenvalue weighted by atomic mass is 10.1. The van der Waals surface area contributed by atoms with Gasteiger partial charge in [0, 0.05) is 0 Å². The third-order valence-electron chi connectivity index (χ3n) is 2.64. The van der Waals surface area contributed by atoms with Crippen molar-refractivity contribution in [1.29, 1.82) is 0 Å². The Labute approximate surface area is 106 Å². The molecule has 0 heterocycles. The molecule has 2 aromatic rings. The zero-order valence-electron chi connectivity index (χ0n) is 10.1. The number of carbonyl (C=O) groups is 1. The maximum atomic E-state index is 11.9. The van der Waals surface area contributed by atoms with E-state index in [-0.39, 0.29) is 11.3 Å². The molecule has 0 aliphatic carbocycles. The number of phenolic OH excluding ortho intramolecular Hbond substituents is 1. The van der Waals surface area contributed by atoms with Crippen molar-refractivity contribution in [2.24, 2.45) is 0 Å². The van der Waals surface area contributed by atoms with E-state index in [2.05, 4.69) is 0 Å². The highest BCUT2D eigenvalue weighted by atomic mass is 16.5. The van der Waals surface area contributed by atoms with Crippen LogP contribution in [0.1, 0.15) is 22.8 Å². The van der Waals surface area contributed by atoms with Gasteiger partial charge in [-0.25, -0.2) is 4.79 Å². The number of esters is 1. The van der Waals surface area contributed by atoms with Gasteiger partial charge in [-0.05, 0) is 36.2 Å². The van der Waals surface area contributed by atoms with E-state index in [9.17, 15) is 9.90 Å². The molecular formula is C15H14O3. The third-order valence-corrected chi connectivity index (χ3v) is 2.64. The van der Waals surface area contributed by atoms with Gasteiger partial charge in [0.25, 0.3) is 0 Å². The molecule has 18 heavy (non-hydrogen) atoms. The fraction of sp³-hybridized carbons (Fsp3) is 0.133. The Morgan fingerprint density at radius 1 is 1.17 bits per heavy atom. The number of aromatic hydroxyl groups is 1. The number of carbonyl (C=O) groups excluding carboxylic acids is 1. The first-order valence-corrected chi connectivity index (χ1v) is 5.80. The molecular weight excluding hydrogens is 228 g/mol. The summed E-state index contributed by atoms with van der Waals surface area (Å²) in [5.41, 5.74) is 1.17. The first-order chi connectivity index (χ1) is 8.70. The SMILES string of the molecule is CCc1ccc(O)c(C(=O)Oc2ccccc2)c1. The van der Waals surface area contributed by atoms with Crippen molar-refractivity contribution in [2.45, 2.75) is 13.3 Å². The number of para-hydroxylation sites is 1. The molecule has 0 fully saturated rings. The minimum atomic E-state index is -0.547. The molecule has 0 aliphatic heterocycles. The molecule has 3 heteroatoms. The van der Waals surface area contributed by atoms with Gasteiger partial charge in [-0.2, -0.15) is 0 Å². The van der Waals surface area contributed by atoms with E-state index in [0.29, 0.717) is 5.75 Å². The van der Waals surface area contributed by atoms with Crippen molar-refractivity contribution in [3.63, 3.8) is 0 Å². The van der Waals surface area contributed by atoms with Crippen LogP contribution in [0.4, 0.5) is 0 Å². The van der Waals surface area contributed by atoms with Crippen molar-refractivity contribution in [3.8, 4) is 11.5 Å². The van der Waals surface area contributed by atoms with Gasteiger partial charge in [0.2, 0.25) is 0 Å². The van der Waals surface area contributed by atoms with Crippen LogP contribution in [0.3, 0.4) is 0 Å². The standard InChI is InChI=1S/C15H14O3/c1-2-11-8-9-14(16)13(10-11)15(17)18-12-6-4-3-5-7-12/h3-10,16H,2H2,1H3. The summed E-state index contributed by atoms with van der Waals surface area (Å²) in [7, 11) is 0. The monoisotopic (exact) mass is 242 g/mol. The van der Waals surface area contributed by atoms with Crippen LogP contribution in [0.5, 0.6) is 11.5 Å². The summed E-state index contributed by atoms with van der Waals surface area (Å²) < 4.78 is 5.18. The van der Waals surface area contributed by atoms with E-state index in [4.69, 9.17) is 4.74 Å². The summed E-state index contributed by atoms with van der Waals surface area (Å²) in [5, 5.41) is 9.68. The van der Waals surface area contributed by atoms with Crippen molar-refractivity contribution in [1.82, 2.24) is 0 Å². The molecule has 1 N–H and O–H groups in total. The largest absolute Gasteiger partial charge is 0.507 e. The van der Waals surface area contributed by atoms with Gasteiger partial charge in [-0.15, -0.1) is 0 Å². The molecule has 2 aromatic carbocycles. The Balaban J connectivity index is 2.23. The Morgan fingerprint density at radius 2 is 1.89 bits per heavy atom. The molecule has 0 aliphatic rings. The number of ether oxygens (including phenoxy) is 1. The van der Waals surface area contributed by atoms with Gasteiger partial charge in [-0.3, -0.25) is 0 Å². The quantitative estimate of drug-likeness (QED) is 0.664. The average molecular weight is 242 g/mol. The molecule has 0 amide bonds. The van der Waals surface area contributed by atoms with E-state index in [0.717, 1.165) is 12.0 Å². The van der Waals surface area contributed by atoms with Crippen LogP contribution >= 0.6 is 0 Å². The van der Waals surface area contributed by atoms with Crippen LogP contribution in [-0.4, -0.2) is 11.1 Å². The summed E-state index contributed by atoms with van der Waals surface area (Å²) in [6.45, 7) is 1.98. The second kappa shape index (κ2) is 5.36. The predicted octanol–water partition coefficient (Wildman–Crippen LogP) is 3.17. The van der Waals surface area contributed by atoms with Crippen molar-refractivity contribution in [2.75, 3.05) is 0 Å². The smallest absolute Gasteiger partial charge is 0.347 e. The summed E-state index contributed by atoms with van der Waals surface area (Å²) in [5.74, 6) is -0.147. The van der Waals surface area contributed by atoms with Crippen LogP contribution in [0.2, 0.25) is 0 Å². The first kappa shape index (κ1) is 12.2. The van der Waals surface area contributed by atoms with Crippen LogP contribution < -0.4 is 4.74 Å². The number of rotatable bonds is 3. The van der Waals surface area contributed by atoms with Crippen LogP contribution in [0.25, 0.3) is 0 Å². The second-order valence-electron chi connectivity index (χ2n) is 3.91. The zero-order chi connectivity index (χ0) is 13.0. The molecule has 0 saturated carbocycles. The van der Waals surface area contributed by atoms with Crippen LogP contribution in [0, 0.1) is 0 Å². The molecule has 92 valence electrons. The fourth-order valence-corrected chi connectivity index (χ4v) is 1.62. The van der Waals surface area contributed by atoms with Crippen molar-refractivity contribution < 1.29 is 14.6 Å². The maximum Gasteiger partial charge on any atom is 0.347 e. The summed E-state index contributed by atoms with van der Waals surface area (Å²) in [6, 6.07) is 13.7. The molecule has 3 nitrogen and oxygen atoms in total. The second-order valence-corrected chi connectivity index (χ2v) is 3.91. The first-order valence-electron chi connectivity index (χ1n) is 5.80. The molecule has 0 spiro atoms. The van der Waals surface area contributed by atoms with Gasteiger partial charge < -0.3 is 9.84 Å². The number of benzene rings is 2. The summed E-state index contributed by atoms with van der Waals surface area (Å²) in [4.78, 5) is 11.9. The lowest BCUT2D eigenvalue weighted by Crippen LogP contribution is -2.09. The van der Waals surface area contributed by atoms with Gasteiger partial charge >= 0.3 is 5.97 Å². The number of aryl methyl sites for hydroxylation is 1. The molecule has 0 atom stereocenters. The minimum absolute atomic E-state index is 0.0619. The Kier molecular flexibility index (Phi) is 3.63. The fourth-order valence-electron chi connectivity index (χ4n) is 1.62. The summed E-state index contributed by atoms with van der Waals surface area (Å²) >= 11 is 0. The van der Waals surface area contributed by atoms with Gasteiger partial charge in [0.15, 0.2) is 0 Å². The Hall–Kier alpha value is -2.29. The topological polar surface area (TPSA) is 46.5 Å². The number of hydrogen-bond donors (Lipinski definition) is 1. The molecule has 0 saturated heterocycles. The molecule has 0 unspecified atom stereocenters. The number of hydrogen-bond acceptors (Lipinski definition) is 3. The molecule has 0 radical (unpaired) electrons. The zero-order valence-corrected chi connectivity index (χ0v) is 10.1. The van der Waals surface area contributed by atoms with Crippen molar-refractivity contribution >= 4 is 5.97 Å². The molecule has 0 aromatic heterocycles. The Bertz CT molecular complexity index is 547. The highest BCUT2D eigenvalue weighted by molar-refractivity contribution is 5.94. The molecule has 0 bridgehead atoms. The predicted molar refractivity (Wildman–Crippen MR) is 68.9 cm³/mol. The third kappa shape index (κ3) is 2.69. The van der Waals surface area contributed by atoms with E-state index < -0.39 is 5.97 Å². The van der Waals surface area contributed by atoms with E-state index in [1.165, 1.54) is 6.07 Å². The van der Waals surface area contributed by atoms with E-state index in [1.807, 2.05) is 13.0 Å². The molecule has 2 rings (SSSR count). The minimum Gasteiger partial charge on any atom is -0.507 e. The van der Waals surface area contributed by atoms with Gasteiger partial charge in [-0.1, -0.05) is 31.2 Å². The van der Waals surface area contributed by atoms with Crippen LogP contribution in [-0.2, 0) is 6.42 Å². The van der Waals surface area contributed by atoms with E-state index in [1.54, 1.807) is 36.4 Å². The lowest BCUT2D eigenvalue weighted by molar-refractivity contribution is 0.0731.